The summed E-state index contributed by atoms with van der Waals surface area (Å²) in [6.07, 6.45) is 1.62. The normalized spacial score (nSPS) is 11.0. The first-order valence-corrected chi connectivity index (χ1v) is 11.8. The third-order valence-electron chi connectivity index (χ3n) is 4.55. The Balaban J connectivity index is 1.57. The third-order valence-corrected chi connectivity index (χ3v) is 6.28. The summed E-state index contributed by atoms with van der Waals surface area (Å²) in [6.45, 7) is 0. The molecular weight excluding hydrogens is 458 g/mol. The van der Waals surface area contributed by atoms with Crippen LogP contribution in [0.2, 0.25) is 0 Å². The monoisotopic (exact) mass is 479 g/mol. The molecule has 168 valence electrons. The quantitative estimate of drug-likeness (QED) is 0.219. The van der Waals surface area contributed by atoms with Crippen molar-refractivity contribution in [1.82, 2.24) is 20.2 Å². The van der Waals surface area contributed by atoms with E-state index in [0.717, 1.165) is 16.1 Å². The lowest BCUT2D eigenvalue weighted by atomic mass is 10.2. The minimum Gasteiger partial charge on any atom is -0.493 e. The van der Waals surface area contributed by atoms with E-state index >= 15 is 0 Å². The van der Waals surface area contributed by atoms with Crippen molar-refractivity contribution in [2.45, 2.75) is 5.16 Å². The van der Waals surface area contributed by atoms with Crippen LogP contribution >= 0.6 is 23.1 Å². The zero-order valence-corrected chi connectivity index (χ0v) is 19.6. The molecule has 8 nitrogen and oxygen atoms in total. The maximum atomic E-state index is 12.3. The predicted molar refractivity (Wildman–Crippen MR) is 131 cm³/mol. The van der Waals surface area contributed by atoms with Crippen LogP contribution < -0.4 is 14.9 Å². The van der Waals surface area contributed by atoms with Gasteiger partial charge in [-0.05, 0) is 41.8 Å². The summed E-state index contributed by atoms with van der Waals surface area (Å²) >= 11 is 2.83. The average Bonchev–Trinajstić information content (AvgIpc) is 3.53. The molecule has 0 aliphatic rings. The van der Waals surface area contributed by atoms with Gasteiger partial charge in [-0.3, -0.25) is 9.36 Å². The second-order valence-electron chi connectivity index (χ2n) is 6.64. The maximum absolute atomic E-state index is 12.3. The number of methoxy groups -OCH3 is 2. The molecule has 33 heavy (non-hydrogen) atoms. The van der Waals surface area contributed by atoms with Gasteiger partial charge in [-0.15, -0.1) is 21.5 Å². The second-order valence-corrected chi connectivity index (χ2v) is 8.57. The zero-order valence-electron chi connectivity index (χ0n) is 18.0. The van der Waals surface area contributed by atoms with Crippen LogP contribution in [0.3, 0.4) is 0 Å². The molecule has 2 aromatic heterocycles. The molecule has 2 aromatic carbocycles. The number of nitrogens with zero attached hydrogens (tertiary/aromatic N) is 4. The van der Waals surface area contributed by atoms with Crippen LogP contribution in [0.4, 0.5) is 0 Å². The number of amides is 1. The first kappa shape index (κ1) is 22.6. The van der Waals surface area contributed by atoms with E-state index in [1.165, 1.54) is 11.8 Å². The van der Waals surface area contributed by atoms with Crippen molar-refractivity contribution >= 4 is 35.2 Å². The maximum Gasteiger partial charge on any atom is 0.250 e. The van der Waals surface area contributed by atoms with Gasteiger partial charge in [0.25, 0.3) is 5.91 Å². The van der Waals surface area contributed by atoms with Gasteiger partial charge in [0.05, 0.1) is 26.2 Å². The molecular formula is C23H21N5O3S2. The highest BCUT2D eigenvalue weighted by Crippen LogP contribution is 2.34. The number of carbonyl (C=O) groups excluding carboxylic acids is 1. The van der Waals surface area contributed by atoms with E-state index in [4.69, 9.17) is 9.47 Å². The minimum atomic E-state index is -0.233. The Labute approximate surface area is 199 Å². The molecule has 2 heterocycles. The van der Waals surface area contributed by atoms with E-state index < -0.39 is 0 Å². The highest BCUT2D eigenvalue weighted by atomic mass is 32.2. The lowest BCUT2D eigenvalue weighted by Gasteiger charge is -2.12. The van der Waals surface area contributed by atoms with Gasteiger partial charge < -0.3 is 9.47 Å². The molecule has 0 saturated carbocycles. The van der Waals surface area contributed by atoms with Crippen molar-refractivity contribution in [3.05, 3.63) is 70.9 Å². The SMILES string of the molecule is COc1ccc(-c2nnc(SCC(=O)NN=Cc3cccs3)n2-c2ccccc2)cc1OC. The van der Waals surface area contributed by atoms with E-state index in [0.29, 0.717) is 22.5 Å². The number of hydrogen-bond acceptors (Lipinski definition) is 8. The van der Waals surface area contributed by atoms with Crippen molar-refractivity contribution in [2.75, 3.05) is 20.0 Å². The summed E-state index contributed by atoms with van der Waals surface area (Å²) in [6, 6.07) is 19.2. The van der Waals surface area contributed by atoms with Crippen LogP contribution in [0, 0.1) is 0 Å². The highest BCUT2D eigenvalue weighted by molar-refractivity contribution is 7.99. The van der Waals surface area contributed by atoms with Crippen LogP contribution in [0.15, 0.2) is 76.3 Å². The van der Waals surface area contributed by atoms with Crippen molar-refractivity contribution in [3.63, 3.8) is 0 Å². The molecule has 4 rings (SSSR count). The fraction of sp³-hybridized carbons (Fsp3) is 0.130. The van der Waals surface area contributed by atoms with Gasteiger partial charge in [0.1, 0.15) is 0 Å². The number of benzene rings is 2. The number of ether oxygens (including phenoxy) is 2. The molecule has 0 fully saturated rings. The van der Waals surface area contributed by atoms with E-state index in [9.17, 15) is 4.79 Å². The lowest BCUT2D eigenvalue weighted by molar-refractivity contribution is -0.118. The molecule has 0 unspecified atom stereocenters. The van der Waals surface area contributed by atoms with Crippen LogP contribution in [-0.2, 0) is 4.79 Å². The number of thiophene rings is 1. The molecule has 0 aliphatic carbocycles. The standard InChI is InChI=1S/C23H21N5O3S2/c1-30-19-11-10-16(13-20(19)31-2)22-26-27-23(28(22)17-7-4-3-5-8-17)33-15-21(29)25-24-14-18-9-6-12-32-18/h3-14H,15H2,1-2H3,(H,25,29). The van der Waals surface area contributed by atoms with Gasteiger partial charge in [-0.1, -0.05) is 36.0 Å². The van der Waals surface area contributed by atoms with E-state index in [2.05, 4.69) is 20.7 Å². The molecule has 0 spiro atoms. The van der Waals surface area contributed by atoms with E-state index in [-0.39, 0.29) is 11.7 Å². The van der Waals surface area contributed by atoms with Crippen LogP contribution in [0.25, 0.3) is 17.1 Å². The number of rotatable bonds is 9. The summed E-state index contributed by atoms with van der Waals surface area (Å²) in [5, 5.41) is 15.3. The number of para-hydroxylation sites is 1. The molecule has 0 bridgehead atoms. The van der Waals surface area contributed by atoms with Crippen molar-refractivity contribution in [2.24, 2.45) is 5.10 Å². The first-order chi connectivity index (χ1) is 16.2. The average molecular weight is 480 g/mol. The molecule has 4 aromatic rings. The van der Waals surface area contributed by atoms with E-state index in [1.807, 2.05) is 70.6 Å². The van der Waals surface area contributed by atoms with Gasteiger partial charge >= 0.3 is 0 Å². The Kier molecular flexibility index (Phi) is 7.38. The third kappa shape index (κ3) is 5.41. The summed E-state index contributed by atoms with van der Waals surface area (Å²) < 4.78 is 12.7. The summed E-state index contributed by atoms with van der Waals surface area (Å²) in [5.74, 6) is 1.75. The highest BCUT2D eigenvalue weighted by Gasteiger charge is 2.18. The predicted octanol–water partition coefficient (Wildman–Crippen LogP) is 4.26. The second kappa shape index (κ2) is 10.8. The fourth-order valence-corrected chi connectivity index (χ4v) is 4.36. The summed E-state index contributed by atoms with van der Waals surface area (Å²) in [7, 11) is 3.18. The molecule has 1 N–H and O–H groups in total. The molecule has 0 radical (unpaired) electrons. The Morgan fingerprint density at radius 3 is 2.64 bits per heavy atom. The van der Waals surface area contributed by atoms with Crippen LogP contribution in [-0.4, -0.2) is 46.9 Å². The molecule has 0 atom stereocenters. The van der Waals surface area contributed by atoms with Crippen molar-refractivity contribution < 1.29 is 14.3 Å². The Morgan fingerprint density at radius 1 is 1.09 bits per heavy atom. The number of hydrogen-bond donors (Lipinski definition) is 1. The lowest BCUT2D eigenvalue weighted by Crippen LogP contribution is -2.19. The number of aromatic nitrogens is 3. The smallest absolute Gasteiger partial charge is 0.250 e. The fourth-order valence-electron chi connectivity index (χ4n) is 3.03. The van der Waals surface area contributed by atoms with Gasteiger partial charge in [-0.2, -0.15) is 5.10 Å². The minimum absolute atomic E-state index is 0.138. The van der Waals surface area contributed by atoms with E-state index in [1.54, 1.807) is 31.8 Å². The van der Waals surface area contributed by atoms with Crippen molar-refractivity contribution in [1.29, 1.82) is 0 Å². The molecule has 0 saturated heterocycles. The number of hydrazone groups is 1. The number of carbonyl (C=O) groups is 1. The number of thioether (sulfide) groups is 1. The number of nitrogens with one attached hydrogen (secondary N) is 1. The zero-order chi connectivity index (χ0) is 23.0. The Morgan fingerprint density at radius 2 is 1.91 bits per heavy atom. The van der Waals surface area contributed by atoms with Crippen LogP contribution in [0.5, 0.6) is 11.5 Å². The Bertz CT molecular complexity index is 1240. The van der Waals surface area contributed by atoms with Gasteiger partial charge in [0.2, 0.25) is 0 Å². The van der Waals surface area contributed by atoms with Crippen LogP contribution in [0.1, 0.15) is 4.88 Å². The molecule has 10 heteroatoms. The Hall–Kier alpha value is -3.63. The topological polar surface area (TPSA) is 90.6 Å². The van der Waals surface area contributed by atoms with Gasteiger partial charge in [0.15, 0.2) is 22.5 Å². The van der Waals surface area contributed by atoms with Gasteiger partial charge in [-0.25, -0.2) is 5.43 Å². The summed E-state index contributed by atoms with van der Waals surface area (Å²) in [5.41, 5.74) is 4.23. The van der Waals surface area contributed by atoms with Gasteiger partial charge in [0, 0.05) is 16.1 Å². The summed E-state index contributed by atoms with van der Waals surface area (Å²) in [4.78, 5) is 13.3. The first-order valence-electron chi connectivity index (χ1n) is 9.91. The van der Waals surface area contributed by atoms with Crippen molar-refractivity contribution in [3.8, 4) is 28.6 Å². The molecule has 1 amide bonds. The molecule has 0 aliphatic heterocycles. The largest absolute Gasteiger partial charge is 0.493 e.